The maximum absolute atomic E-state index is 13.7. The molecule has 142 valence electrons. The molecule has 1 N–H and O–H groups in total. The van der Waals surface area contributed by atoms with Crippen molar-refractivity contribution >= 4 is 22.4 Å². The van der Waals surface area contributed by atoms with Crippen LogP contribution in [-0.2, 0) is 12.7 Å². The number of thiophene rings is 1. The molecule has 28 heavy (non-hydrogen) atoms. The van der Waals surface area contributed by atoms with E-state index in [9.17, 15) is 22.8 Å². The number of hydrogen-bond acceptors (Lipinski definition) is 4. The molecule has 0 atom stereocenters. The van der Waals surface area contributed by atoms with Gasteiger partial charge in [0.2, 0.25) is 0 Å². The van der Waals surface area contributed by atoms with Gasteiger partial charge in [-0.2, -0.15) is 13.2 Å². The van der Waals surface area contributed by atoms with Crippen LogP contribution in [0.5, 0.6) is 0 Å². The number of hydrogen-bond donors (Lipinski definition) is 1. The maximum atomic E-state index is 13.7. The third-order valence-electron chi connectivity index (χ3n) is 4.21. The Kier molecular flexibility index (Phi) is 4.38. The lowest BCUT2D eigenvalue weighted by molar-refractivity contribution is -0.136. The predicted molar refractivity (Wildman–Crippen MR) is 100 cm³/mol. The van der Waals surface area contributed by atoms with Crippen LogP contribution in [0, 0.1) is 0 Å². The summed E-state index contributed by atoms with van der Waals surface area (Å²) < 4.78 is 42.2. The Morgan fingerprint density at radius 1 is 1.07 bits per heavy atom. The molecule has 0 aliphatic carbocycles. The molecular formula is C19H12F3N3O2S. The van der Waals surface area contributed by atoms with Gasteiger partial charge in [-0.05, 0) is 23.1 Å². The van der Waals surface area contributed by atoms with Crippen LogP contribution in [0.3, 0.4) is 0 Å². The zero-order valence-electron chi connectivity index (χ0n) is 14.2. The Morgan fingerprint density at radius 2 is 1.82 bits per heavy atom. The normalized spacial score (nSPS) is 11.8. The fourth-order valence-corrected chi connectivity index (χ4v) is 3.65. The first-order valence-corrected chi connectivity index (χ1v) is 9.05. The Balaban J connectivity index is 2.08. The van der Waals surface area contributed by atoms with Crippen molar-refractivity contribution in [2.45, 2.75) is 12.7 Å². The molecule has 0 spiro atoms. The molecule has 4 aromatic rings. The lowest BCUT2D eigenvalue weighted by atomic mass is 10.1. The number of H-pyrrole nitrogens is 1. The number of pyridine rings is 1. The Hall–Kier alpha value is -3.20. The Morgan fingerprint density at radius 3 is 2.46 bits per heavy atom. The second-order valence-corrected chi connectivity index (χ2v) is 7.01. The summed E-state index contributed by atoms with van der Waals surface area (Å²) in [7, 11) is 0. The molecule has 4 rings (SSSR count). The largest absolute Gasteiger partial charge is 0.417 e. The second-order valence-electron chi connectivity index (χ2n) is 6.06. The van der Waals surface area contributed by atoms with E-state index in [0.29, 0.717) is 10.4 Å². The molecule has 0 unspecified atom stereocenters. The molecule has 5 nitrogen and oxygen atoms in total. The smallest absolute Gasteiger partial charge is 0.273 e. The van der Waals surface area contributed by atoms with Crippen molar-refractivity contribution in [3.05, 3.63) is 85.9 Å². The number of aromatic amines is 1. The van der Waals surface area contributed by atoms with E-state index in [4.69, 9.17) is 0 Å². The van der Waals surface area contributed by atoms with Gasteiger partial charge in [-0.3, -0.25) is 14.3 Å². The summed E-state index contributed by atoms with van der Waals surface area (Å²) in [5, 5.41) is 1.06. The van der Waals surface area contributed by atoms with Gasteiger partial charge in [-0.25, -0.2) is 9.78 Å². The van der Waals surface area contributed by atoms with Crippen LogP contribution in [-0.4, -0.2) is 14.5 Å². The molecule has 0 fully saturated rings. The first kappa shape index (κ1) is 18.2. The van der Waals surface area contributed by atoms with E-state index in [1.165, 1.54) is 11.3 Å². The summed E-state index contributed by atoms with van der Waals surface area (Å²) >= 11 is 1.22. The van der Waals surface area contributed by atoms with E-state index in [0.717, 1.165) is 10.6 Å². The SMILES string of the molecule is O=c1[nH]c(=O)n(Cc2ccccc2)c2nc(-c3cccs3)cc(C(F)(F)F)c12. The van der Waals surface area contributed by atoms with Gasteiger partial charge in [0.15, 0.2) is 5.65 Å². The van der Waals surface area contributed by atoms with E-state index in [2.05, 4.69) is 4.98 Å². The summed E-state index contributed by atoms with van der Waals surface area (Å²) in [4.78, 5) is 31.4. The third-order valence-corrected chi connectivity index (χ3v) is 5.10. The molecule has 0 saturated carbocycles. The van der Waals surface area contributed by atoms with Crippen molar-refractivity contribution in [1.82, 2.24) is 14.5 Å². The predicted octanol–water partition coefficient (Wildman–Crippen LogP) is 3.88. The molecule has 0 radical (unpaired) electrons. The molecule has 0 aliphatic rings. The molecule has 3 aromatic heterocycles. The van der Waals surface area contributed by atoms with Crippen LogP contribution >= 0.6 is 11.3 Å². The molecule has 1 aromatic carbocycles. The number of halogens is 3. The molecule has 0 aliphatic heterocycles. The topological polar surface area (TPSA) is 67.8 Å². The highest BCUT2D eigenvalue weighted by Crippen LogP contribution is 2.36. The molecule has 0 amide bonds. The van der Waals surface area contributed by atoms with E-state index in [1.54, 1.807) is 47.8 Å². The summed E-state index contributed by atoms with van der Waals surface area (Å²) in [6.45, 7) is -0.0227. The minimum Gasteiger partial charge on any atom is -0.273 e. The highest BCUT2D eigenvalue weighted by molar-refractivity contribution is 7.13. The third kappa shape index (κ3) is 3.24. The standard InChI is InChI=1S/C19H12F3N3O2S/c20-19(21,22)12-9-13(14-7-4-8-28-14)23-16-15(12)17(26)24-18(27)25(16)10-11-5-2-1-3-6-11/h1-9H,10H2,(H,24,26,27). The highest BCUT2D eigenvalue weighted by atomic mass is 32.1. The first-order chi connectivity index (χ1) is 13.3. The summed E-state index contributed by atoms with van der Waals surface area (Å²) in [6.07, 6.45) is -4.78. The minimum absolute atomic E-state index is 0.0227. The number of nitrogens with zero attached hydrogens (tertiary/aromatic N) is 2. The lowest BCUT2D eigenvalue weighted by Gasteiger charge is -2.15. The van der Waals surface area contributed by atoms with E-state index < -0.39 is 28.4 Å². The van der Waals surface area contributed by atoms with Crippen molar-refractivity contribution in [1.29, 1.82) is 0 Å². The van der Waals surface area contributed by atoms with E-state index >= 15 is 0 Å². The number of fused-ring (bicyclic) bond motifs is 1. The van der Waals surface area contributed by atoms with Gasteiger partial charge in [-0.1, -0.05) is 36.4 Å². The lowest BCUT2D eigenvalue weighted by Crippen LogP contribution is -2.32. The number of aromatic nitrogens is 3. The number of rotatable bonds is 3. The zero-order valence-corrected chi connectivity index (χ0v) is 15.0. The van der Waals surface area contributed by atoms with Crippen LogP contribution in [0.15, 0.2) is 63.5 Å². The monoisotopic (exact) mass is 403 g/mol. The van der Waals surface area contributed by atoms with Crippen molar-refractivity contribution in [3.63, 3.8) is 0 Å². The maximum Gasteiger partial charge on any atom is 0.417 e. The van der Waals surface area contributed by atoms with Crippen molar-refractivity contribution < 1.29 is 13.2 Å². The minimum atomic E-state index is -4.78. The van der Waals surface area contributed by atoms with E-state index in [-0.39, 0.29) is 17.9 Å². The zero-order chi connectivity index (χ0) is 19.9. The van der Waals surface area contributed by atoms with Gasteiger partial charge in [0.25, 0.3) is 5.56 Å². The summed E-state index contributed by atoms with van der Waals surface area (Å²) in [6, 6.07) is 12.9. The van der Waals surface area contributed by atoms with Crippen LogP contribution < -0.4 is 11.2 Å². The van der Waals surface area contributed by atoms with Gasteiger partial charge >= 0.3 is 11.9 Å². The van der Waals surface area contributed by atoms with Gasteiger partial charge < -0.3 is 0 Å². The van der Waals surface area contributed by atoms with Crippen LogP contribution in [0.25, 0.3) is 21.6 Å². The van der Waals surface area contributed by atoms with Crippen molar-refractivity contribution in [2.75, 3.05) is 0 Å². The van der Waals surface area contributed by atoms with Crippen LogP contribution in [0.1, 0.15) is 11.1 Å². The van der Waals surface area contributed by atoms with Gasteiger partial charge in [0, 0.05) is 0 Å². The van der Waals surface area contributed by atoms with Crippen molar-refractivity contribution in [3.8, 4) is 10.6 Å². The van der Waals surface area contributed by atoms with Gasteiger partial charge in [-0.15, -0.1) is 11.3 Å². The van der Waals surface area contributed by atoms with Crippen LogP contribution in [0.2, 0.25) is 0 Å². The van der Waals surface area contributed by atoms with Crippen LogP contribution in [0.4, 0.5) is 13.2 Å². The number of nitrogens with one attached hydrogen (secondary N) is 1. The molecule has 3 heterocycles. The van der Waals surface area contributed by atoms with E-state index in [1.807, 2.05) is 4.98 Å². The average Bonchev–Trinajstić information content (AvgIpc) is 3.19. The number of benzene rings is 1. The fourth-order valence-electron chi connectivity index (χ4n) is 2.96. The molecule has 0 bridgehead atoms. The molecule has 9 heteroatoms. The Labute approximate surface area is 159 Å². The highest BCUT2D eigenvalue weighted by Gasteiger charge is 2.35. The van der Waals surface area contributed by atoms with Gasteiger partial charge in [0.05, 0.1) is 28.1 Å². The average molecular weight is 403 g/mol. The first-order valence-electron chi connectivity index (χ1n) is 8.17. The summed E-state index contributed by atoms with van der Waals surface area (Å²) in [5.74, 6) is 0. The molecular weight excluding hydrogens is 391 g/mol. The fraction of sp³-hybridized carbons (Fsp3) is 0.105. The van der Waals surface area contributed by atoms with Gasteiger partial charge in [0.1, 0.15) is 0 Å². The second kappa shape index (κ2) is 6.75. The van der Waals surface area contributed by atoms with Crippen molar-refractivity contribution in [2.24, 2.45) is 0 Å². The summed E-state index contributed by atoms with van der Waals surface area (Å²) in [5.41, 5.74) is -2.59. The Bertz CT molecular complexity index is 1260. The molecule has 0 saturated heterocycles. The number of alkyl halides is 3. The quantitative estimate of drug-likeness (QED) is 0.565.